The van der Waals surface area contributed by atoms with E-state index in [9.17, 15) is 0 Å². The molecule has 0 bridgehead atoms. The Morgan fingerprint density at radius 3 is 2.47 bits per heavy atom. The van der Waals surface area contributed by atoms with Crippen LogP contribution in [0.3, 0.4) is 0 Å². The highest BCUT2D eigenvalue weighted by molar-refractivity contribution is 9.10. The minimum atomic E-state index is 0.591. The first kappa shape index (κ1) is 13.5. The monoisotopic (exact) mass is 398 g/mol. The standard InChI is InChI=1S/C11H13Br3O/c1-15-11-3-2-10(14)5-9(11)4-8(6-12)7-13/h2-3,5,8H,4,6-7H2,1H3. The number of hydrogen-bond donors (Lipinski definition) is 0. The lowest BCUT2D eigenvalue weighted by Crippen LogP contribution is -2.08. The van der Waals surface area contributed by atoms with Gasteiger partial charge in [0.25, 0.3) is 0 Å². The fourth-order valence-corrected chi connectivity index (χ4v) is 3.31. The Morgan fingerprint density at radius 1 is 1.27 bits per heavy atom. The van der Waals surface area contributed by atoms with Crippen LogP contribution in [0.5, 0.6) is 5.75 Å². The Kier molecular flexibility index (Phi) is 6.24. The molecule has 1 aromatic carbocycles. The molecule has 84 valence electrons. The molecule has 0 aliphatic heterocycles. The first-order valence-corrected chi connectivity index (χ1v) is 7.69. The van der Waals surface area contributed by atoms with E-state index < -0.39 is 0 Å². The van der Waals surface area contributed by atoms with E-state index in [1.807, 2.05) is 12.1 Å². The maximum absolute atomic E-state index is 5.34. The van der Waals surface area contributed by atoms with E-state index in [-0.39, 0.29) is 0 Å². The van der Waals surface area contributed by atoms with E-state index >= 15 is 0 Å². The summed E-state index contributed by atoms with van der Waals surface area (Å²) in [5.41, 5.74) is 1.25. The smallest absolute Gasteiger partial charge is 0.122 e. The van der Waals surface area contributed by atoms with Crippen molar-refractivity contribution < 1.29 is 4.74 Å². The normalized spacial score (nSPS) is 10.7. The zero-order chi connectivity index (χ0) is 11.3. The van der Waals surface area contributed by atoms with E-state index in [0.29, 0.717) is 5.92 Å². The van der Waals surface area contributed by atoms with Gasteiger partial charge in [0.1, 0.15) is 5.75 Å². The summed E-state index contributed by atoms with van der Waals surface area (Å²) in [6.07, 6.45) is 1.01. The number of alkyl halides is 2. The first-order valence-electron chi connectivity index (χ1n) is 4.65. The molecule has 0 fully saturated rings. The van der Waals surface area contributed by atoms with Crippen LogP contribution < -0.4 is 4.74 Å². The molecule has 0 N–H and O–H groups in total. The molecule has 0 atom stereocenters. The topological polar surface area (TPSA) is 9.23 Å². The van der Waals surface area contributed by atoms with Crippen molar-refractivity contribution in [1.82, 2.24) is 0 Å². The average molecular weight is 401 g/mol. The van der Waals surface area contributed by atoms with Gasteiger partial charge in [0.15, 0.2) is 0 Å². The van der Waals surface area contributed by atoms with Gasteiger partial charge in [-0.2, -0.15) is 0 Å². The van der Waals surface area contributed by atoms with Gasteiger partial charge >= 0.3 is 0 Å². The van der Waals surface area contributed by atoms with Gasteiger partial charge in [-0.05, 0) is 36.1 Å². The SMILES string of the molecule is COc1ccc(Br)cc1CC(CBr)CBr. The van der Waals surface area contributed by atoms with Crippen LogP contribution in [0.4, 0.5) is 0 Å². The van der Waals surface area contributed by atoms with Crippen LogP contribution in [0.1, 0.15) is 5.56 Å². The Labute approximate surface area is 116 Å². The Balaban J connectivity index is 2.86. The Hall–Kier alpha value is 0.460. The van der Waals surface area contributed by atoms with Crippen molar-refractivity contribution >= 4 is 47.8 Å². The number of ether oxygens (including phenoxy) is 1. The maximum atomic E-state index is 5.34. The van der Waals surface area contributed by atoms with Crippen LogP contribution in [0.25, 0.3) is 0 Å². The van der Waals surface area contributed by atoms with Crippen molar-refractivity contribution in [2.75, 3.05) is 17.8 Å². The van der Waals surface area contributed by atoms with Gasteiger partial charge in [0.05, 0.1) is 7.11 Å². The third kappa shape index (κ3) is 4.08. The van der Waals surface area contributed by atoms with Crippen LogP contribution in [0, 0.1) is 5.92 Å². The second-order valence-electron chi connectivity index (χ2n) is 3.33. The molecular weight excluding hydrogens is 388 g/mol. The highest BCUT2D eigenvalue weighted by Gasteiger charge is 2.10. The fraction of sp³-hybridized carbons (Fsp3) is 0.455. The minimum Gasteiger partial charge on any atom is -0.496 e. The van der Waals surface area contributed by atoms with Crippen LogP contribution in [0.2, 0.25) is 0 Å². The Morgan fingerprint density at radius 2 is 1.93 bits per heavy atom. The van der Waals surface area contributed by atoms with Crippen molar-refractivity contribution in [3.63, 3.8) is 0 Å². The number of methoxy groups -OCH3 is 1. The van der Waals surface area contributed by atoms with Gasteiger partial charge in [0.2, 0.25) is 0 Å². The van der Waals surface area contributed by atoms with Crippen molar-refractivity contribution in [3.05, 3.63) is 28.2 Å². The summed E-state index contributed by atoms with van der Waals surface area (Å²) < 4.78 is 6.44. The summed E-state index contributed by atoms with van der Waals surface area (Å²) in [5.74, 6) is 1.55. The number of benzene rings is 1. The number of hydrogen-bond acceptors (Lipinski definition) is 1. The maximum Gasteiger partial charge on any atom is 0.122 e. The molecule has 1 nitrogen and oxygen atoms in total. The summed E-state index contributed by atoms with van der Waals surface area (Å²) in [7, 11) is 1.71. The van der Waals surface area contributed by atoms with E-state index in [4.69, 9.17) is 4.74 Å². The molecule has 0 saturated carbocycles. The largest absolute Gasteiger partial charge is 0.496 e. The van der Waals surface area contributed by atoms with Crippen molar-refractivity contribution in [3.8, 4) is 5.75 Å². The second-order valence-corrected chi connectivity index (χ2v) is 5.55. The molecule has 0 aliphatic carbocycles. The predicted octanol–water partition coefficient (Wildman–Crippen LogP) is 4.41. The highest BCUT2D eigenvalue weighted by Crippen LogP contribution is 2.26. The molecule has 1 rings (SSSR count). The molecule has 0 saturated heterocycles. The van der Waals surface area contributed by atoms with Crippen LogP contribution in [-0.4, -0.2) is 17.8 Å². The van der Waals surface area contributed by atoms with Crippen molar-refractivity contribution in [1.29, 1.82) is 0 Å². The molecule has 15 heavy (non-hydrogen) atoms. The lowest BCUT2D eigenvalue weighted by molar-refractivity contribution is 0.407. The molecule has 0 aliphatic rings. The quantitative estimate of drug-likeness (QED) is 0.665. The Bertz CT molecular complexity index is 311. The predicted molar refractivity (Wildman–Crippen MR) is 75.5 cm³/mol. The molecule has 0 radical (unpaired) electrons. The van der Waals surface area contributed by atoms with Crippen molar-refractivity contribution in [2.45, 2.75) is 6.42 Å². The molecule has 0 aromatic heterocycles. The third-order valence-corrected chi connectivity index (χ3v) is 4.51. The molecule has 0 amide bonds. The van der Waals surface area contributed by atoms with E-state index in [1.54, 1.807) is 7.11 Å². The minimum absolute atomic E-state index is 0.591. The lowest BCUT2D eigenvalue weighted by atomic mass is 10.0. The van der Waals surface area contributed by atoms with Gasteiger partial charge in [-0.15, -0.1) is 0 Å². The fourth-order valence-electron chi connectivity index (χ4n) is 1.37. The third-order valence-electron chi connectivity index (χ3n) is 2.19. The van der Waals surface area contributed by atoms with E-state index in [2.05, 4.69) is 53.9 Å². The van der Waals surface area contributed by atoms with E-state index in [1.165, 1.54) is 5.56 Å². The summed E-state index contributed by atoms with van der Waals surface area (Å²) in [6.45, 7) is 0. The van der Waals surface area contributed by atoms with Gasteiger partial charge < -0.3 is 4.74 Å². The van der Waals surface area contributed by atoms with Gasteiger partial charge in [-0.1, -0.05) is 47.8 Å². The molecular formula is C11H13Br3O. The number of halogens is 3. The lowest BCUT2D eigenvalue weighted by Gasteiger charge is -2.14. The average Bonchev–Trinajstić information content (AvgIpc) is 2.26. The van der Waals surface area contributed by atoms with E-state index in [0.717, 1.165) is 27.3 Å². The summed E-state index contributed by atoms with van der Waals surface area (Å²) >= 11 is 10.5. The zero-order valence-electron chi connectivity index (χ0n) is 8.47. The molecule has 4 heteroatoms. The van der Waals surface area contributed by atoms with Gasteiger partial charge in [0, 0.05) is 15.1 Å². The van der Waals surface area contributed by atoms with Crippen molar-refractivity contribution in [2.24, 2.45) is 5.92 Å². The van der Waals surface area contributed by atoms with Gasteiger partial charge in [-0.25, -0.2) is 0 Å². The van der Waals surface area contributed by atoms with Crippen LogP contribution in [0.15, 0.2) is 22.7 Å². The van der Waals surface area contributed by atoms with Crippen LogP contribution >= 0.6 is 47.8 Å². The molecule has 0 heterocycles. The molecule has 1 aromatic rings. The summed E-state index contributed by atoms with van der Waals surface area (Å²) in [5, 5.41) is 1.99. The first-order chi connectivity index (χ1) is 7.21. The summed E-state index contributed by atoms with van der Waals surface area (Å²) in [6, 6.07) is 6.12. The molecule has 0 spiro atoms. The zero-order valence-corrected chi connectivity index (χ0v) is 13.2. The molecule has 0 unspecified atom stereocenters. The number of rotatable bonds is 5. The highest BCUT2D eigenvalue weighted by atomic mass is 79.9. The second kappa shape index (κ2) is 6.92. The van der Waals surface area contributed by atoms with Gasteiger partial charge in [-0.3, -0.25) is 0 Å². The summed E-state index contributed by atoms with van der Waals surface area (Å²) in [4.78, 5) is 0. The van der Waals surface area contributed by atoms with Crippen LogP contribution in [-0.2, 0) is 6.42 Å².